The second-order valence-electron chi connectivity index (χ2n) is 17.0. The van der Waals surface area contributed by atoms with Crippen LogP contribution < -0.4 is 5.32 Å². The van der Waals surface area contributed by atoms with Crippen LogP contribution in [0.2, 0.25) is 0 Å². The molecule has 256 valence electrons. The number of hydrogen-bond acceptors (Lipinski definition) is 6. The van der Waals surface area contributed by atoms with E-state index in [4.69, 9.17) is 4.74 Å². The quantitative estimate of drug-likeness (QED) is 0.151. The molecule has 7 aliphatic rings. The summed E-state index contributed by atoms with van der Waals surface area (Å²) in [6, 6.07) is 0. The third kappa shape index (κ3) is 4.58. The van der Waals surface area contributed by atoms with Crippen LogP contribution in [0.5, 0.6) is 0 Å². The third-order valence-electron chi connectivity index (χ3n) is 15.0. The molecule has 3 unspecified atom stereocenters. The van der Waals surface area contributed by atoms with E-state index in [9.17, 15) is 24.6 Å². The summed E-state index contributed by atoms with van der Waals surface area (Å²) < 4.78 is 7.32. The predicted octanol–water partition coefficient (Wildman–Crippen LogP) is 5.65. The van der Waals surface area contributed by atoms with E-state index in [1.165, 1.54) is 32.1 Å². The van der Waals surface area contributed by atoms with Crippen LogP contribution in [0.3, 0.4) is 0 Å². The number of carbonyl (C=O) groups is 3. The zero-order chi connectivity index (χ0) is 32.4. The third-order valence-corrected chi connectivity index (χ3v) is 15.0. The lowest BCUT2D eigenvalue weighted by molar-refractivity contribution is -0.197. The van der Waals surface area contributed by atoms with Crippen molar-refractivity contribution >= 4 is 18.2 Å². The molecule has 2 heterocycles. The minimum Gasteiger partial charge on any atom is -0.481 e. The largest absolute Gasteiger partial charge is 0.481 e. The Morgan fingerprint density at radius 3 is 2.43 bits per heavy atom. The number of aliphatic carboxylic acids is 2. The van der Waals surface area contributed by atoms with Gasteiger partial charge >= 0.3 is 11.9 Å². The van der Waals surface area contributed by atoms with Crippen molar-refractivity contribution in [1.29, 1.82) is 0 Å². The highest BCUT2D eigenvalue weighted by atomic mass is 16.5. The average molecular weight is 639 g/mol. The number of carboxylic acid groups (broad SMARTS) is 2. The van der Waals surface area contributed by atoms with Gasteiger partial charge in [0.15, 0.2) is 0 Å². The summed E-state index contributed by atoms with van der Waals surface area (Å²) in [4.78, 5) is 41.4. The normalized spacial score (nSPS) is 44.4. The molecule has 4 saturated carbocycles. The first-order valence-corrected chi connectivity index (χ1v) is 18.8. The lowest BCUT2D eigenvalue weighted by Crippen LogP contribution is -2.65. The number of ether oxygens (including phenoxy) is 1. The SMILES string of the molecule is CC(C)C1=CC2CC3(C=O)[C@@H]4CC[C@@H](C)[C@H]4CC2([C@H]2C[C@@H](C4CCCCC4)[C@H](CNCCN4CCC(C(=O)O)CC4)O2)[C@]13C(=O)O. The van der Waals surface area contributed by atoms with Gasteiger partial charge in [-0.15, -0.1) is 0 Å². The molecule has 46 heavy (non-hydrogen) atoms. The van der Waals surface area contributed by atoms with Crippen molar-refractivity contribution in [2.24, 2.45) is 63.6 Å². The highest BCUT2D eigenvalue weighted by Crippen LogP contribution is 2.84. The molecule has 5 aliphatic carbocycles. The minimum absolute atomic E-state index is 0.0397. The summed E-state index contributed by atoms with van der Waals surface area (Å²) >= 11 is 0. The number of hydrogen-bond donors (Lipinski definition) is 3. The van der Waals surface area contributed by atoms with Crippen molar-refractivity contribution in [3.05, 3.63) is 11.6 Å². The molecule has 8 heteroatoms. The first kappa shape index (κ1) is 32.8. The zero-order valence-corrected chi connectivity index (χ0v) is 28.4. The van der Waals surface area contributed by atoms with Gasteiger partial charge in [-0.1, -0.05) is 70.9 Å². The molecule has 6 fully saturated rings. The van der Waals surface area contributed by atoms with Gasteiger partial charge in [0.05, 0.1) is 23.5 Å². The first-order chi connectivity index (χ1) is 22.1. The molecule has 2 saturated heterocycles. The van der Waals surface area contributed by atoms with Crippen molar-refractivity contribution in [3.63, 3.8) is 0 Å². The highest BCUT2D eigenvalue weighted by molar-refractivity contribution is 5.90. The summed E-state index contributed by atoms with van der Waals surface area (Å²) in [5.74, 6) is 0.513. The number of allylic oxidation sites excluding steroid dienone is 1. The summed E-state index contributed by atoms with van der Waals surface area (Å²) in [5, 5.41) is 24.6. The maximum absolute atomic E-state index is 14.1. The highest BCUT2D eigenvalue weighted by Gasteiger charge is 2.86. The Hall–Kier alpha value is -1.77. The molecule has 0 radical (unpaired) electrons. The van der Waals surface area contributed by atoms with Crippen molar-refractivity contribution < 1.29 is 29.3 Å². The monoisotopic (exact) mass is 638 g/mol. The van der Waals surface area contributed by atoms with E-state index >= 15 is 0 Å². The van der Waals surface area contributed by atoms with Gasteiger partial charge in [-0.05, 0) is 93.0 Å². The van der Waals surface area contributed by atoms with E-state index in [-0.39, 0.29) is 35.9 Å². The molecule has 8 nitrogen and oxygen atoms in total. The number of aldehydes is 1. The Balaban J connectivity index is 1.16. The van der Waals surface area contributed by atoms with Crippen molar-refractivity contribution in [1.82, 2.24) is 10.2 Å². The average Bonchev–Trinajstić information content (AvgIpc) is 3.77. The van der Waals surface area contributed by atoms with Crippen LogP contribution >= 0.6 is 0 Å². The number of nitrogens with one attached hydrogen (secondary N) is 1. The van der Waals surface area contributed by atoms with E-state index < -0.39 is 28.2 Å². The van der Waals surface area contributed by atoms with E-state index in [0.717, 1.165) is 83.1 Å². The molecule has 0 aromatic heterocycles. The Morgan fingerprint density at radius 1 is 1.04 bits per heavy atom. The Morgan fingerprint density at radius 2 is 1.78 bits per heavy atom. The van der Waals surface area contributed by atoms with Crippen LogP contribution in [0.15, 0.2) is 11.6 Å². The number of carboxylic acids is 2. The predicted molar refractivity (Wildman–Crippen MR) is 175 cm³/mol. The van der Waals surface area contributed by atoms with Gasteiger partial charge in [0.1, 0.15) is 11.7 Å². The minimum atomic E-state index is -1.18. The lowest BCUT2D eigenvalue weighted by Gasteiger charge is -2.60. The zero-order valence-electron chi connectivity index (χ0n) is 28.4. The molecular weight excluding hydrogens is 580 g/mol. The molecule has 2 aliphatic heterocycles. The van der Waals surface area contributed by atoms with Gasteiger partial charge in [-0.2, -0.15) is 0 Å². The molecule has 0 spiro atoms. The molecule has 3 N–H and O–H groups in total. The van der Waals surface area contributed by atoms with Crippen molar-refractivity contribution in [3.8, 4) is 0 Å². The fourth-order valence-corrected chi connectivity index (χ4v) is 13.1. The maximum Gasteiger partial charge on any atom is 0.315 e. The van der Waals surface area contributed by atoms with Crippen LogP contribution in [0.1, 0.15) is 97.8 Å². The summed E-state index contributed by atoms with van der Waals surface area (Å²) in [6.07, 6.45) is 15.6. The van der Waals surface area contributed by atoms with Gasteiger partial charge in [-0.3, -0.25) is 9.59 Å². The molecule has 10 atom stereocenters. The van der Waals surface area contributed by atoms with E-state index in [2.05, 4.69) is 37.1 Å². The fourth-order valence-electron chi connectivity index (χ4n) is 13.1. The number of piperidine rings is 1. The molecule has 4 bridgehead atoms. The number of fused-ring (bicyclic) bond motifs is 2. The van der Waals surface area contributed by atoms with Crippen molar-refractivity contribution in [2.45, 2.75) is 110 Å². The van der Waals surface area contributed by atoms with E-state index in [1.54, 1.807) is 0 Å². The van der Waals surface area contributed by atoms with Crippen molar-refractivity contribution in [2.75, 3.05) is 32.7 Å². The summed E-state index contributed by atoms with van der Waals surface area (Å²) in [5.41, 5.74) is -1.60. The molecular formula is C38H58N2O6. The standard InChI is InChI=1S/C38H58N2O6/c1-23(2)31-17-27-19-36(22-41)30-10-9-24(3)29(30)20-37(27,38(31,36)35(44)45)33-18-28(25-7-5-4-6-8-25)32(46-33)21-39-13-16-40-14-11-26(12-15-40)34(42)43/h17,22-30,32-33,39H,4-16,18-21H2,1-3H3,(H,42,43)(H,44,45)/t24-,27?,28+,29-,30-,32+,33-,36?,37?,38+/m1/s1. The smallest absolute Gasteiger partial charge is 0.315 e. The van der Waals surface area contributed by atoms with Gasteiger partial charge in [-0.25, -0.2) is 0 Å². The van der Waals surface area contributed by atoms with Crippen LogP contribution in [-0.2, 0) is 19.1 Å². The number of likely N-dealkylation sites (tertiary alicyclic amines) is 1. The van der Waals surface area contributed by atoms with Gasteiger partial charge < -0.3 is 30.0 Å². The topological polar surface area (TPSA) is 116 Å². The van der Waals surface area contributed by atoms with Gasteiger partial charge in [0.25, 0.3) is 0 Å². The molecule has 0 aromatic rings. The number of nitrogens with zero attached hydrogens (tertiary/aromatic N) is 1. The second kappa shape index (κ2) is 12.3. The fraction of sp³-hybridized carbons (Fsp3) is 0.868. The Kier molecular flexibility index (Phi) is 8.75. The van der Waals surface area contributed by atoms with E-state index in [0.29, 0.717) is 30.1 Å². The summed E-state index contributed by atoms with van der Waals surface area (Å²) in [6.45, 7) is 10.8. The maximum atomic E-state index is 14.1. The molecule has 7 rings (SSSR count). The Labute approximate surface area is 275 Å². The van der Waals surface area contributed by atoms with Crippen LogP contribution in [0.4, 0.5) is 0 Å². The van der Waals surface area contributed by atoms with Crippen LogP contribution in [0, 0.1) is 63.6 Å². The first-order valence-electron chi connectivity index (χ1n) is 18.8. The molecule has 0 amide bonds. The van der Waals surface area contributed by atoms with Crippen LogP contribution in [0.25, 0.3) is 0 Å². The van der Waals surface area contributed by atoms with Gasteiger partial charge in [0.2, 0.25) is 0 Å². The van der Waals surface area contributed by atoms with Gasteiger partial charge in [0, 0.05) is 25.0 Å². The van der Waals surface area contributed by atoms with Crippen LogP contribution in [-0.4, -0.2) is 78.3 Å². The Bertz CT molecular complexity index is 1220. The number of carbonyl (C=O) groups excluding carboxylic acids is 1. The van der Waals surface area contributed by atoms with E-state index in [1.807, 2.05) is 0 Å². The second-order valence-corrected chi connectivity index (χ2v) is 17.0. The lowest BCUT2D eigenvalue weighted by atomic mass is 9.41. The number of rotatable bonds is 11. The molecule has 0 aromatic carbocycles. The summed E-state index contributed by atoms with van der Waals surface area (Å²) in [7, 11) is 0.